The van der Waals surface area contributed by atoms with Crippen molar-refractivity contribution in [1.29, 1.82) is 0 Å². The first-order valence-corrected chi connectivity index (χ1v) is 9.67. The van der Waals surface area contributed by atoms with Gasteiger partial charge in [-0.3, -0.25) is 4.79 Å². The molecule has 4 rings (SSSR count). The number of amides is 1. The van der Waals surface area contributed by atoms with Crippen LogP contribution < -0.4 is 5.32 Å². The van der Waals surface area contributed by atoms with E-state index in [2.05, 4.69) is 31.3 Å². The molecular formula is C19H20BrN5O2. The lowest BCUT2D eigenvalue weighted by Crippen LogP contribution is -2.41. The van der Waals surface area contributed by atoms with Crippen LogP contribution in [-0.2, 0) is 4.79 Å². The standard InChI is InChI=1S/C19H20BrN5O2/c1-12(26)24-8-6-13(7-9-24)22-18-10-16(14-4-2-3-5-17(14)27)23-19-15(20)11-21-25(18)19/h2-5,10-11,13,22,27H,6-9H2,1H3. The fraction of sp³-hybridized carbons (Fsp3) is 0.316. The van der Waals surface area contributed by atoms with E-state index in [1.807, 2.05) is 23.1 Å². The van der Waals surface area contributed by atoms with Gasteiger partial charge in [-0.05, 0) is 40.9 Å². The van der Waals surface area contributed by atoms with Crippen molar-refractivity contribution in [2.24, 2.45) is 0 Å². The Kier molecular flexibility index (Phi) is 4.73. The maximum atomic E-state index is 11.5. The Balaban J connectivity index is 1.68. The van der Waals surface area contributed by atoms with Gasteiger partial charge < -0.3 is 15.3 Å². The SMILES string of the molecule is CC(=O)N1CCC(Nc2cc(-c3ccccc3O)nc3c(Br)cnn23)CC1. The van der Waals surface area contributed by atoms with E-state index in [1.165, 1.54) is 0 Å². The second-order valence-electron chi connectivity index (χ2n) is 6.70. The molecule has 2 N–H and O–H groups in total. The number of nitrogens with zero attached hydrogens (tertiary/aromatic N) is 4. The zero-order valence-electron chi connectivity index (χ0n) is 14.9. The van der Waals surface area contributed by atoms with Crippen molar-refractivity contribution in [3.63, 3.8) is 0 Å². The molecule has 1 fully saturated rings. The first-order valence-electron chi connectivity index (χ1n) is 8.87. The van der Waals surface area contributed by atoms with E-state index in [-0.39, 0.29) is 17.7 Å². The minimum Gasteiger partial charge on any atom is -0.507 e. The van der Waals surface area contributed by atoms with E-state index in [4.69, 9.17) is 0 Å². The van der Waals surface area contributed by atoms with Crippen LogP contribution in [0, 0.1) is 0 Å². The number of likely N-dealkylation sites (tertiary alicyclic amines) is 1. The van der Waals surface area contributed by atoms with E-state index >= 15 is 0 Å². The van der Waals surface area contributed by atoms with Gasteiger partial charge in [0.2, 0.25) is 5.91 Å². The van der Waals surface area contributed by atoms with Crippen molar-refractivity contribution in [3.05, 3.63) is 41.0 Å². The summed E-state index contributed by atoms with van der Waals surface area (Å²) in [5, 5.41) is 18.2. The molecule has 1 aromatic carbocycles. The number of phenols is 1. The number of aromatic hydroxyl groups is 1. The molecule has 1 aliphatic rings. The molecular weight excluding hydrogens is 410 g/mol. The molecule has 3 heterocycles. The van der Waals surface area contributed by atoms with E-state index < -0.39 is 0 Å². The number of piperidine rings is 1. The van der Waals surface area contributed by atoms with Crippen LogP contribution in [0.15, 0.2) is 41.0 Å². The maximum Gasteiger partial charge on any atom is 0.219 e. The average Bonchev–Trinajstić information content (AvgIpc) is 3.04. The van der Waals surface area contributed by atoms with Gasteiger partial charge in [-0.2, -0.15) is 9.61 Å². The molecule has 0 saturated carbocycles. The van der Waals surface area contributed by atoms with Gasteiger partial charge in [0.25, 0.3) is 0 Å². The Morgan fingerprint density at radius 3 is 2.74 bits per heavy atom. The summed E-state index contributed by atoms with van der Waals surface area (Å²) in [6.07, 6.45) is 3.45. The second kappa shape index (κ2) is 7.19. The summed E-state index contributed by atoms with van der Waals surface area (Å²) in [7, 11) is 0. The zero-order valence-corrected chi connectivity index (χ0v) is 16.5. The molecule has 8 heteroatoms. The third-order valence-corrected chi connectivity index (χ3v) is 5.46. The zero-order chi connectivity index (χ0) is 19.0. The number of benzene rings is 1. The van der Waals surface area contributed by atoms with Gasteiger partial charge in [-0.1, -0.05) is 12.1 Å². The topological polar surface area (TPSA) is 82.8 Å². The highest BCUT2D eigenvalue weighted by molar-refractivity contribution is 9.10. The van der Waals surface area contributed by atoms with Gasteiger partial charge in [-0.25, -0.2) is 4.98 Å². The number of anilines is 1. The summed E-state index contributed by atoms with van der Waals surface area (Å²) >= 11 is 3.50. The molecule has 140 valence electrons. The van der Waals surface area contributed by atoms with Gasteiger partial charge in [0, 0.05) is 37.7 Å². The third kappa shape index (κ3) is 3.49. The minimum atomic E-state index is 0.123. The lowest BCUT2D eigenvalue weighted by Gasteiger charge is -2.32. The number of aromatic nitrogens is 3. The predicted octanol–water partition coefficient (Wildman–Crippen LogP) is 3.29. The fourth-order valence-corrected chi connectivity index (χ4v) is 3.76. The largest absolute Gasteiger partial charge is 0.507 e. The summed E-state index contributed by atoms with van der Waals surface area (Å²) in [5.41, 5.74) is 2.02. The highest BCUT2D eigenvalue weighted by Gasteiger charge is 2.22. The number of fused-ring (bicyclic) bond motifs is 1. The van der Waals surface area contributed by atoms with E-state index in [0.29, 0.717) is 16.9 Å². The number of carbonyl (C=O) groups is 1. The van der Waals surface area contributed by atoms with Crippen LogP contribution in [0.4, 0.5) is 5.82 Å². The molecule has 0 bridgehead atoms. The van der Waals surface area contributed by atoms with E-state index in [1.54, 1.807) is 29.8 Å². The Hall–Kier alpha value is -2.61. The lowest BCUT2D eigenvalue weighted by atomic mass is 10.0. The van der Waals surface area contributed by atoms with Crippen LogP contribution in [0.25, 0.3) is 16.9 Å². The van der Waals surface area contributed by atoms with Crippen molar-refractivity contribution in [2.45, 2.75) is 25.8 Å². The molecule has 3 aromatic rings. The van der Waals surface area contributed by atoms with Crippen molar-refractivity contribution in [2.75, 3.05) is 18.4 Å². The molecule has 1 saturated heterocycles. The molecule has 27 heavy (non-hydrogen) atoms. The number of nitrogens with one attached hydrogen (secondary N) is 1. The number of phenolic OH excluding ortho intramolecular Hbond substituents is 1. The number of hydrogen-bond donors (Lipinski definition) is 2. The smallest absolute Gasteiger partial charge is 0.219 e. The van der Waals surface area contributed by atoms with Gasteiger partial charge in [-0.15, -0.1) is 0 Å². The molecule has 1 amide bonds. The van der Waals surface area contributed by atoms with Gasteiger partial charge in [0.05, 0.1) is 16.4 Å². The fourth-order valence-electron chi connectivity index (χ4n) is 3.41. The molecule has 0 radical (unpaired) electrons. The van der Waals surface area contributed by atoms with Crippen LogP contribution in [-0.4, -0.2) is 49.6 Å². The third-order valence-electron chi connectivity index (χ3n) is 4.90. The van der Waals surface area contributed by atoms with Gasteiger partial charge in [0.15, 0.2) is 5.65 Å². The average molecular weight is 430 g/mol. The quantitative estimate of drug-likeness (QED) is 0.667. The molecule has 0 aliphatic carbocycles. The van der Waals surface area contributed by atoms with Gasteiger partial charge in [0.1, 0.15) is 11.6 Å². The Bertz CT molecular complexity index is 995. The number of halogens is 1. The number of rotatable bonds is 3. The number of hydrogen-bond acceptors (Lipinski definition) is 5. The van der Waals surface area contributed by atoms with Crippen LogP contribution in [0.5, 0.6) is 5.75 Å². The summed E-state index contributed by atoms with van der Waals surface area (Å²) in [6.45, 7) is 3.10. The van der Waals surface area contributed by atoms with Gasteiger partial charge >= 0.3 is 0 Å². The number of carbonyl (C=O) groups excluding carboxylic acids is 1. The lowest BCUT2D eigenvalue weighted by molar-refractivity contribution is -0.129. The second-order valence-corrected chi connectivity index (χ2v) is 7.55. The van der Waals surface area contributed by atoms with Crippen molar-refractivity contribution >= 4 is 33.3 Å². The van der Waals surface area contributed by atoms with Crippen molar-refractivity contribution < 1.29 is 9.90 Å². The van der Waals surface area contributed by atoms with Crippen LogP contribution in [0.1, 0.15) is 19.8 Å². The van der Waals surface area contributed by atoms with Crippen molar-refractivity contribution in [1.82, 2.24) is 19.5 Å². The van der Waals surface area contributed by atoms with Crippen LogP contribution in [0.3, 0.4) is 0 Å². The maximum absolute atomic E-state index is 11.5. The Morgan fingerprint density at radius 2 is 2.04 bits per heavy atom. The summed E-state index contributed by atoms with van der Waals surface area (Å²) in [5.74, 6) is 1.12. The molecule has 2 aromatic heterocycles. The minimum absolute atomic E-state index is 0.123. The first-order chi connectivity index (χ1) is 13.0. The molecule has 0 unspecified atom stereocenters. The molecule has 1 aliphatic heterocycles. The van der Waals surface area contributed by atoms with Crippen molar-refractivity contribution in [3.8, 4) is 17.0 Å². The Morgan fingerprint density at radius 1 is 1.30 bits per heavy atom. The first kappa shape index (κ1) is 17.8. The van der Waals surface area contributed by atoms with Crippen LogP contribution in [0.2, 0.25) is 0 Å². The summed E-state index contributed by atoms with van der Waals surface area (Å²) < 4.78 is 2.54. The Labute approximate surface area is 165 Å². The highest BCUT2D eigenvalue weighted by atomic mass is 79.9. The highest BCUT2D eigenvalue weighted by Crippen LogP contribution is 2.31. The molecule has 7 nitrogen and oxygen atoms in total. The molecule has 0 atom stereocenters. The van der Waals surface area contributed by atoms with E-state index in [0.717, 1.165) is 36.2 Å². The summed E-state index contributed by atoms with van der Waals surface area (Å²) in [6, 6.07) is 9.29. The molecule has 0 spiro atoms. The van der Waals surface area contributed by atoms with Crippen LogP contribution >= 0.6 is 15.9 Å². The normalized spacial score (nSPS) is 15.3. The summed E-state index contributed by atoms with van der Waals surface area (Å²) in [4.78, 5) is 18.1. The predicted molar refractivity (Wildman–Crippen MR) is 107 cm³/mol. The van der Waals surface area contributed by atoms with E-state index in [9.17, 15) is 9.90 Å². The monoisotopic (exact) mass is 429 g/mol. The number of para-hydroxylation sites is 1.